The van der Waals surface area contributed by atoms with Crippen LogP contribution in [0.4, 0.5) is 15.8 Å². The number of ether oxygens (including phenoxy) is 2. The summed E-state index contributed by atoms with van der Waals surface area (Å²) in [5, 5.41) is 0. The number of rotatable bonds is 5. The van der Waals surface area contributed by atoms with Gasteiger partial charge < -0.3 is 14.4 Å². The molecule has 1 N–H and O–H groups in total. The molecule has 2 aromatic carbocycles. The summed E-state index contributed by atoms with van der Waals surface area (Å²) < 4.78 is 51.8. The molecule has 25 heavy (non-hydrogen) atoms. The fourth-order valence-corrected chi connectivity index (χ4v) is 3.69. The predicted octanol–water partition coefficient (Wildman–Crippen LogP) is 2.47. The molecular weight excluding hydrogens is 347 g/mol. The van der Waals surface area contributed by atoms with Crippen molar-refractivity contribution in [1.29, 1.82) is 0 Å². The van der Waals surface area contributed by atoms with Crippen molar-refractivity contribution in [1.82, 2.24) is 0 Å². The zero-order valence-corrected chi connectivity index (χ0v) is 14.6. The first-order valence-corrected chi connectivity index (χ1v) is 9.27. The van der Waals surface area contributed by atoms with Crippen molar-refractivity contribution in [2.75, 3.05) is 43.0 Å². The molecule has 0 aromatic heterocycles. The molecule has 0 spiro atoms. The lowest BCUT2D eigenvalue weighted by Gasteiger charge is -2.30. The summed E-state index contributed by atoms with van der Waals surface area (Å²) in [5.74, 6) is 0.0446. The van der Waals surface area contributed by atoms with Crippen LogP contribution in [0, 0.1) is 5.82 Å². The van der Waals surface area contributed by atoms with Crippen LogP contribution in [-0.2, 0) is 14.8 Å². The molecule has 1 heterocycles. The molecule has 0 saturated carbocycles. The monoisotopic (exact) mass is 366 g/mol. The Kier molecular flexibility index (Phi) is 5.10. The van der Waals surface area contributed by atoms with E-state index in [0.717, 1.165) is 0 Å². The van der Waals surface area contributed by atoms with Gasteiger partial charge in [0.25, 0.3) is 10.0 Å². The summed E-state index contributed by atoms with van der Waals surface area (Å²) in [5.41, 5.74) is 0.833. The van der Waals surface area contributed by atoms with Crippen LogP contribution in [0.15, 0.2) is 47.4 Å². The van der Waals surface area contributed by atoms with Gasteiger partial charge in [-0.3, -0.25) is 4.72 Å². The van der Waals surface area contributed by atoms with E-state index in [1.165, 1.54) is 31.4 Å². The van der Waals surface area contributed by atoms with E-state index in [4.69, 9.17) is 9.47 Å². The minimum absolute atomic E-state index is 0.0745. The van der Waals surface area contributed by atoms with Gasteiger partial charge in [-0.15, -0.1) is 0 Å². The Morgan fingerprint density at radius 3 is 2.44 bits per heavy atom. The molecule has 6 nitrogen and oxygen atoms in total. The summed E-state index contributed by atoms with van der Waals surface area (Å²) in [6.07, 6.45) is 0. The maximum atomic E-state index is 13.7. The number of hydrogen-bond acceptors (Lipinski definition) is 5. The fraction of sp³-hybridized carbons (Fsp3) is 0.294. The van der Waals surface area contributed by atoms with Crippen molar-refractivity contribution in [2.45, 2.75) is 4.90 Å². The second kappa shape index (κ2) is 7.28. The van der Waals surface area contributed by atoms with Crippen LogP contribution in [0.5, 0.6) is 5.75 Å². The SMILES string of the molecule is COc1ccc(S(=O)(=O)Nc2cc(F)ccc2N2CCOCC2)cc1. The van der Waals surface area contributed by atoms with Crippen LogP contribution in [0.1, 0.15) is 0 Å². The highest BCUT2D eigenvalue weighted by atomic mass is 32.2. The van der Waals surface area contributed by atoms with Crippen molar-refractivity contribution in [3.63, 3.8) is 0 Å². The minimum Gasteiger partial charge on any atom is -0.497 e. The summed E-state index contributed by atoms with van der Waals surface area (Å²) in [6, 6.07) is 10.1. The van der Waals surface area contributed by atoms with Gasteiger partial charge in [-0.05, 0) is 36.4 Å². The van der Waals surface area contributed by atoms with Gasteiger partial charge >= 0.3 is 0 Å². The van der Waals surface area contributed by atoms with E-state index in [1.807, 2.05) is 4.90 Å². The van der Waals surface area contributed by atoms with Crippen LogP contribution in [0.2, 0.25) is 0 Å². The summed E-state index contributed by atoms with van der Waals surface area (Å²) in [4.78, 5) is 2.04. The van der Waals surface area contributed by atoms with Gasteiger partial charge in [0, 0.05) is 19.2 Å². The smallest absolute Gasteiger partial charge is 0.261 e. The molecule has 3 rings (SSSR count). The standard InChI is InChI=1S/C17H19FN2O4S/c1-23-14-3-5-15(6-4-14)25(21,22)19-16-12-13(18)2-7-17(16)20-8-10-24-11-9-20/h2-7,12,19H,8-11H2,1H3. The molecule has 0 amide bonds. The minimum atomic E-state index is -3.85. The maximum Gasteiger partial charge on any atom is 0.261 e. The van der Waals surface area contributed by atoms with Gasteiger partial charge in [-0.1, -0.05) is 0 Å². The number of nitrogens with one attached hydrogen (secondary N) is 1. The molecule has 2 aromatic rings. The Balaban J connectivity index is 1.91. The zero-order valence-electron chi connectivity index (χ0n) is 13.7. The predicted molar refractivity (Wildman–Crippen MR) is 93.2 cm³/mol. The largest absolute Gasteiger partial charge is 0.497 e. The normalized spacial score (nSPS) is 15.0. The first kappa shape index (κ1) is 17.5. The Morgan fingerprint density at radius 1 is 1.12 bits per heavy atom. The molecule has 8 heteroatoms. The van der Waals surface area contributed by atoms with Gasteiger partial charge in [0.15, 0.2) is 0 Å². The van der Waals surface area contributed by atoms with Crippen LogP contribution in [-0.4, -0.2) is 41.8 Å². The van der Waals surface area contributed by atoms with Crippen LogP contribution in [0.25, 0.3) is 0 Å². The van der Waals surface area contributed by atoms with Crippen molar-refractivity contribution < 1.29 is 22.3 Å². The van der Waals surface area contributed by atoms with Crippen LogP contribution < -0.4 is 14.4 Å². The number of nitrogens with zero attached hydrogens (tertiary/aromatic N) is 1. The third kappa shape index (κ3) is 4.02. The number of morpholine rings is 1. The average Bonchev–Trinajstić information content (AvgIpc) is 2.62. The summed E-state index contributed by atoms with van der Waals surface area (Å²) >= 11 is 0. The molecule has 1 aliphatic heterocycles. The van der Waals surface area contributed by atoms with Crippen LogP contribution >= 0.6 is 0 Å². The zero-order chi connectivity index (χ0) is 17.9. The van der Waals surface area contributed by atoms with Gasteiger partial charge in [0.05, 0.1) is 36.6 Å². The first-order valence-electron chi connectivity index (χ1n) is 7.79. The topological polar surface area (TPSA) is 67.9 Å². The Hall–Kier alpha value is -2.32. The Morgan fingerprint density at radius 2 is 1.80 bits per heavy atom. The van der Waals surface area contributed by atoms with Crippen molar-refractivity contribution in [3.05, 3.63) is 48.3 Å². The number of benzene rings is 2. The lowest BCUT2D eigenvalue weighted by molar-refractivity contribution is 0.123. The Bertz CT molecular complexity index is 834. The van der Waals surface area contributed by atoms with E-state index >= 15 is 0 Å². The number of hydrogen-bond donors (Lipinski definition) is 1. The van der Waals surface area contributed by atoms with Gasteiger partial charge in [-0.2, -0.15) is 0 Å². The van der Waals surface area contributed by atoms with E-state index in [0.29, 0.717) is 37.7 Å². The highest BCUT2D eigenvalue weighted by Gasteiger charge is 2.20. The maximum absolute atomic E-state index is 13.7. The number of sulfonamides is 1. The van der Waals surface area contributed by atoms with E-state index in [2.05, 4.69) is 4.72 Å². The number of halogens is 1. The molecule has 0 bridgehead atoms. The average molecular weight is 366 g/mol. The van der Waals surface area contributed by atoms with Gasteiger partial charge in [-0.25, -0.2) is 12.8 Å². The fourth-order valence-electron chi connectivity index (χ4n) is 2.63. The summed E-state index contributed by atoms with van der Waals surface area (Å²) in [7, 11) is -2.34. The highest BCUT2D eigenvalue weighted by molar-refractivity contribution is 7.92. The molecule has 0 unspecified atom stereocenters. The highest BCUT2D eigenvalue weighted by Crippen LogP contribution is 2.30. The lowest BCUT2D eigenvalue weighted by Crippen LogP contribution is -2.36. The first-order chi connectivity index (χ1) is 12.0. The molecule has 0 atom stereocenters. The molecule has 1 aliphatic rings. The van der Waals surface area contributed by atoms with Crippen molar-refractivity contribution in [3.8, 4) is 5.75 Å². The van der Waals surface area contributed by atoms with Gasteiger partial charge in [0.2, 0.25) is 0 Å². The quantitative estimate of drug-likeness (QED) is 0.881. The number of methoxy groups -OCH3 is 1. The van der Waals surface area contributed by atoms with Crippen molar-refractivity contribution >= 4 is 21.4 Å². The second-order valence-corrected chi connectivity index (χ2v) is 7.22. The third-order valence-corrected chi connectivity index (χ3v) is 5.31. The molecule has 0 radical (unpaired) electrons. The Labute approximate surface area is 146 Å². The molecule has 0 aliphatic carbocycles. The molecule has 134 valence electrons. The van der Waals surface area contributed by atoms with E-state index in [1.54, 1.807) is 18.2 Å². The molecule has 1 fully saturated rings. The van der Waals surface area contributed by atoms with E-state index < -0.39 is 15.8 Å². The van der Waals surface area contributed by atoms with Crippen LogP contribution in [0.3, 0.4) is 0 Å². The summed E-state index contributed by atoms with van der Waals surface area (Å²) in [6.45, 7) is 2.32. The van der Waals surface area contributed by atoms with Gasteiger partial charge in [0.1, 0.15) is 11.6 Å². The second-order valence-electron chi connectivity index (χ2n) is 5.54. The lowest BCUT2D eigenvalue weighted by atomic mass is 10.2. The van der Waals surface area contributed by atoms with E-state index in [9.17, 15) is 12.8 Å². The molecular formula is C17H19FN2O4S. The third-order valence-electron chi connectivity index (χ3n) is 3.92. The van der Waals surface area contributed by atoms with Crippen molar-refractivity contribution in [2.24, 2.45) is 0 Å². The molecule has 1 saturated heterocycles. The van der Waals surface area contributed by atoms with E-state index in [-0.39, 0.29) is 10.6 Å². The number of anilines is 2.